The van der Waals surface area contributed by atoms with E-state index in [9.17, 15) is 4.79 Å². The number of carbonyl (C=O) groups is 1. The molecule has 0 bridgehead atoms. The number of carbonyl (C=O) groups excluding carboxylic acids is 1. The number of ether oxygens (including phenoxy) is 3. The van der Waals surface area contributed by atoms with Gasteiger partial charge in [-0.05, 0) is 48.7 Å². The molecule has 1 amide bonds. The Bertz CT molecular complexity index is 1020. The average molecular weight is 489 g/mol. The van der Waals surface area contributed by atoms with Gasteiger partial charge in [0.1, 0.15) is 25.1 Å². The zero-order valence-electron chi connectivity index (χ0n) is 21.0. The minimum Gasteiger partial charge on any atom is -0.492 e. The number of hydrogen-bond acceptors (Lipinski definition) is 5. The van der Waals surface area contributed by atoms with Crippen molar-refractivity contribution in [1.82, 2.24) is 10.2 Å². The van der Waals surface area contributed by atoms with E-state index in [1.54, 1.807) is 0 Å². The summed E-state index contributed by atoms with van der Waals surface area (Å²) in [5.74, 6) is 0.655. The fraction of sp³-hybridized carbons (Fsp3) is 0.367. The van der Waals surface area contributed by atoms with Crippen molar-refractivity contribution in [3.8, 4) is 5.75 Å². The van der Waals surface area contributed by atoms with Crippen LogP contribution in [0.3, 0.4) is 0 Å². The zero-order valence-corrected chi connectivity index (χ0v) is 21.0. The molecule has 0 aromatic heterocycles. The Morgan fingerprint density at radius 2 is 1.64 bits per heavy atom. The normalized spacial score (nSPS) is 14.2. The van der Waals surface area contributed by atoms with Crippen LogP contribution >= 0.6 is 0 Å². The van der Waals surface area contributed by atoms with Gasteiger partial charge in [-0.3, -0.25) is 9.69 Å². The summed E-state index contributed by atoms with van der Waals surface area (Å²) in [4.78, 5) is 14.9. The van der Waals surface area contributed by atoms with Crippen molar-refractivity contribution in [2.75, 3.05) is 40.0 Å². The van der Waals surface area contributed by atoms with E-state index in [-0.39, 0.29) is 18.6 Å². The average Bonchev–Trinajstić information content (AvgIpc) is 2.94. The molecule has 36 heavy (non-hydrogen) atoms. The maximum Gasteiger partial charge on any atom is 0.246 e. The van der Waals surface area contributed by atoms with Crippen LogP contribution < -0.4 is 10.1 Å². The quantitative estimate of drug-likeness (QED) is 0.404. The van der Waals surface area contributed by atoms with Crippen LogP contribution in [0.1, 0.15) is 35.6 Å². The van der Waals surface area contributed by atoms with E-state index in [1.165, 1.54) is 0 Å². The van der Waals surface area contributed by atoms with Gasteiger partial charge in [-0.25, -0.2) is 0 Å². The van der Waals surface area contributed by atoms with Crippen LogP contribution in [-0.4, -0.2) is 56.9 Å². The van der Waals surface area contributed by atoms with E-state index in [4.69, 9.17) is 14.2 Å². The van der Waals surface area contributed by atoms with E-state index >= 15 is 0 Å². The smallest absolute Gasteiger partial charge is 0.246 e. The summed E-state index contributed by atoms with van der Waals surface area (Å²) in [7, 11) is 2.15. The van der Waals surface area contributed by atoms with Crippen LogP contribution in [0.2, 0.25) is 0 Å². The summed E-state index contributed by atoms with van der Waals surface area (Å²) in [6.45, 7) is 3.57. The Kier molecular flexibility index (Phi) is 9.91. The molecule has 0 unspecified atom stereocenters. The second-order valence-corrected chi connectivity index (χ2v) is 9.11. The van der Waals surface area contributed by atoms with Gasteiger partial charge in [-0.2, -0.15) is 0 Å². The minimum absolute atomic E-state index is 0.0246. The van der Waals surface area contributed by atoms with Crippen LogP contribution in [0, 0.1) is 0 Å². The van der Waals surface area contributed by atoms with E-state index < -0.39 is 0 Å². The highest BCUT2D eigenvalue weighted by Gasteiger charge is 2.18. The molecule has 6 heteroatoms. The first-order valence-electron chi connectivity index (χ1n) is 12.7. The predicted octanol–water partition coefficient (Wildman–Crippen LogP) is 4.60. The van der Waals surface area contributed by atoms with Crippen molar-refractivity contribution < 1.29 is 19.0 Å². The Balaban J connectivity index is 1.23. The fourth-order valence-corrected chi connectivity index (χ4v) is 4.41. The number of amides is 1. The highest BCUT2D eigenvalue weighted by atomic mass is 16.5. The van der Waals surface area contributed by atoms with Crippen LogP contribution in [-0.2, 0) is 20.8 Å². The first-order valence-corrected chi connectivity index (χ1v) is 12.7. The van der Waals surface area contributed by atoms with E-state index in [0.717, 1.165) is 55.0 Å². The molecule has 0 atom stereocenters. The fourth-order valence-electron chi connectivity index (χ4n) is 4.41. The molecule has 1 heterocycles. The third-order valence-corrected chi connectivity index (χ3v) is 6.50. The van der Waals surface area contributed by atoms with E-state index in [2.05, 4.69) is 17.3 Å². The van der Waals surface area contributed by atoms with Crippen molar-refractivity contribution in [1.29, 1.82) is 0 Å². The highest BCUT2D eigenvalue weighted by molar-refractivity contribution is 5.77. The summed E-state index contributed by atoms with van der Waals surface area (Å²) in [5.41, 5.74) is 3.02. The molecule has 0 saturated carbocycles. The topological polar surface area (TPSA) is 60.0 Å². The monoisotopic (exact) mass is 488 g/mol. The molecular formula is C30H36N2O4. The maximum atomic E-state index is 12.6. The molecule has 6 nitrogen and oxygen atoms in total. The lowest BCUT2D eigenvalue weighted by Gasteiger charge is -2.31. The third kappa shape index (κ3) is 7.92. The number of likely N-dealkylation sites (N-methyl/N-ethyl adjacent to an activating group) is 1. The molecular weight excluding hydrogens is 452 g/mol. The van der Waals surface area contributed by atoms with Crippen LogP contribution in [0.15, 0.2) is 84.9 Å². The molecule has 190 valence electrons. The Morgan fingerprint density at radius 3 is 2.31 bits per heavy atom. The predicted molar refractivity (Wildman–Crippen MR) is 141 cm³/mol. The van der Waals surface area contributed by atoms with Gasteiger partial charge in [0.15, 0.2) is 0 Å². The van der Waals surface area contributed by atoms with Gasteiger partial charge in [0.2, 0.25) is 5.91 Å². The zero-order chi connectivity index (χ0) is 25.0. The second kappa shape index (κ2) is 13.8. The molecule has 0 radical (unpaired) electrons. The Labute approximate surface area is 214 Å². The Hall–Kier alpha value is -3.19. The summed E-state index contributed by atoms with van der Waals surface area (Å²) < 4.78 is 17.5. The van der Waals surface area contributed by atoms with Gasteiger partial charge in [0, 0.05) is 32.3 Å². The van der Waals surface area contributed by atoms with E-state index in [0.29, 0.717) is 19.2 Å². The number of benzene rings is 3. The molecule has 3 aromatic carbocycles. The lowest BCUT2D eigenvalue weighted by Crippen LogP contribution is -2.38. The Morgan fingerprint density at radius 1 is 0.972 bits per heavy atom. The summed E-state index contributed by atoms with van der Waals surface area (Å²) in [5, 5.41) is 2.96. The molecule has 1 aliphatic heterocycles. The van der Waals surface area contributed by atoms with Gasteiger partial charge in [-0.15, -0.1) is 0 Å². The number of hydrogen-bond donors (Lipinski definition) is 1. The lowest BCUT2D eigenvalue weighted by atomic mass is 10.0. The van der Waals surface area contributed by atoms with Crippen LogP contribution in [0.5, 0.6) is 5.75 Å². The van der Waals surface area contributed by atoms with Gasteiger partial charge >= 0.3 is 0 Å². The largest absolute Gasteiger partial charge is 0.492 e. The first kappa shape index (κ1) is 25.9. The summed E-state index contributed by atoms with van der Waals surface area (Å²) in [6.07, 6.45) is 1.86. The van der Waals surface area contributed by atoms with Gasteiger partial charge in [0.25, 0.3) is 0 Å². The number of rotatable bonds is 12. The second-order valence-electron chi connectivity index (χ2n) is 9.11. The first-order chi connectivity index (χ1) is 17.7. The van der Waals surface area contributed by atoms with Crippen molar-refractivity contribution in [3.05, 3.63) is 102 Å². The molecule has 3 aromatic rings. The molecule has 0 aliphatic carbocycles. The summed E-state index contributed by atoms with van der Waals surface area (Å²) >= 11 is 0. The summed E-state index contributed by atoms with van der Waals surface area (Å²) in [6, 6.07) is 28.4. The number of nitrogens with one attached hydrogen (secondary N) is 1. The third-order valence-electron chi connectivity index (χ3n) is 6.50. The molecule has 1 aliphatic rings. The molecule has 0 spiro atoms. The van der Waals surface area contributed by atoms with E-state index in [1.807, 2.05) is 84.9 Å². The SMILES string of the molecule is CN(CCOc1cccc(CNC(=O)COC(c2ccccc2)c2ccccc2)c1)C1CCOCC1. The minimum atomic E-state index is -0.297. The molecule has 1 fully saturated rings. The van der Waals surface area contributed by atoms with Gasteiger partial charge < -0.3 is 19.5 Å². The maximum absolute atomic E-state index is 12.6. The van der Waals surface area contributed by atoms with Gasteiger partial charge in [0.05, 0.1) is 0 Å². The highest BCUT2D eigenvalue weighted by Crippen LogP contribution is 2.25. The van der Waals surface area contributed by atoms with Crippen molar-refractivity contribution in [2.45, 2.75) is 31.5 Å². The van der Waals surface area contributed by atoms with Crippen LogP contribution in [0.4, 0.5) is 0 Å². The molecule has 1 N–H and O–H groups in total. The van der Waals surface area contributed by atoms with Crippen LogP contribution in [0.25, 0.3) is 0 Å². The lowest BCUT2D eigenvalue weighted by molar-refractivity contribution is -0.127. The van der Waals surface area contributed by atoms with Gasteiger partial charge in [-0.1, -0.05) is 72.8 Å². The van der Waals surface area contributed by atoms with Crippen molar-refractivity contribution >= 4 is 5.91 Å². The van der Waals surface area contributed by atoms with Crippen molar-refractivity contribution in [2.24, 2.45) is 0 Å². The molecule has 1 saturated heterocycles. The standard InChI is InChI=1S/C30H36N2O4/c1-32(27-15-18-34-19-16-27)17-20-35-28-14-8-9-24(21-28)22-31-29(33)23-36-30(25-10-4-2-5-11-25)26-12-6-3-7-13-26/h2-14,21,27,30H,15-20,22-23H2,1H3,(H,31,33). The number of nitrogens with zero attached hydrogens (tertiary/aromatic N) is 1. The molecule has 4 rings (SSSR count). The van der Waals surface area contributed by atoms with Crippen molar-refractivity contribution in [3.63, 3.8) is 0 Å².